The summed E-state index contributed by atoms with van der Waals surface area (Å²) in [6.07, 6.45) is 0. The number of nitrogens with zero attached hydrogens (tertiary/aromatic N) is 3. The third-order valence-electron chi connectivity index (χ3n) is 4.15. The number of aromatic nitrogens is 3. The molecule has 0 atom stereocenters. The van der Waals surface area contributed by atoms with Gasteiger partial charge < -0.3 is 5.32 Å². The van der Waals surface area contributed by atoms with E-state index in [1.807, 2.05) is 30.5 Å². The maximum absolute atomic E-state index is 13.5. The van der Waals surface area contributed by atoms with E-state index in [-0.39, 0.29) is 16.8 Å². The summed E-state index contributed by atoms with van der Waals surface area (Å²) in [6, 6.07) is 14.1. The first-order valence-corrected chi connectivity index (χ1v) is 10.6. The maximum Gasteiger partial charge on any atom is 0.321 e. The zero-order chi connectivity index (χ0) is 20.4. The van der Waals surface area contributed by atoms with Gasteiger partial charge in [-0.1, -0.05) is 36.0 Å². The van der Waals surface area contributed by atoms with Gasteiger partial charge in [0.25, 0.3) is 0 Å². The van der Waals surface area contributed by atoms with E-state index < -0.39 is 6.55 Å². The fourth-order valence-corrected chi connectivity index (χ4v) is 4.33. The van der Waals surface area contributed by atoms with E-state index in [0.29, 0.717) is 16.7 Å². The van der Waals surface area contributed by atoms with Crippen LogP contribution in [0.15, 0.2) is 59.1 Å². The summed E-state index contributed by atoms with van der Waals surface area (Å²) in [5.41, 5.74) is 3.20. The Labute approximate surface area is 173 Å². The van der Waals surface area contributed by atoms with Gasteiger partial charge >= 0.3 is 6.55 Å². The first-order valence-electron chi connectivity index (χ1n) is 8.71. The van der Waals surface area contributed by atoms with E-state index in [4.69, 9.17) is 0 Å². The number of thiazole rings is 1. The van der Waals surface area contributed by atoms with Crippen molar-refractivity contribution in [1.82, 2.24) is 14.5 Å². The molecule has 0 spiro atoms. The van der Waals surface area contributed by atoms with Crippen molar-refractivity contribution in [3.63, 3.8) is 0 Å². The SMILES string of the molecule is Cc1nc(-c2cccc(NC(=O)CSc3nc4ccccc4n3C(F)F)c2)cs1. The van der Waals surface area contributed by atoms with Crippen molar-refractivity contribution in [2.45, 2.75) is 18.6 Å². The molecule has 5 nitrogen and oxygen atoms in total. The Morgan fingerprint density at radius 3 is 2.79 bits per heavy atom. The number of alkyl halides is 2. The summed E-state index contributed by atoms with van der Waals surface area (Å²) in [6.45, 7) is -0.796. The molecule has 0 aliphatic heterocycles. The van der Waals surface area contributed by atoms with Crippen LogP contribution in [-0.4, -0.2) is 26.2 Å². The van der Waals surface area contributed by atoms with Crippen molar-refractivity contribution in [2.75, 3.05) is 11.1 Å². The third kappa shape index (κ3) is 4.30. The van der Waals surface area contributed by atoms with Crippen LogP contribution in [0, 0.1) is 6.92 Å². The average Bonchev–Trinajstić information content (AvgIpc) is 3.30. The summed E-state index contributed by atoms with van der Waals surface area (Å²) >= 11 is 2.54. The lowest BCUT2D eigenvalue weighted by Gasteiger charge is -2.08. The Morgan fingerprint density at radius 2 is 2.03 bits per heavy atom. The maximum atomic E-state index is 13.5. The number of carbonyl (C=O) groups is 1. The molecule has 0 radical (unpaired) electrons. The van der Waals surface area contributed by atoms with Gasteiger partial charge in [-0.15, -0.1) is 11.3 Å². The Kier molecular flexibility index (Phi) is 5.59. The lowest BCUT2D eigenvalue weighted by molar-refractivity contribution is -0.113. The summed E-state index contributed by atoms with van der Waals surface area (Å²) in [5, 5.41) is 5.84. The number of aryl methyl sites for hydroxylation is 1. The Bertz CT molecular complexity index is 1170. The minimum absolute atomic E-state index is 0.0317. The first-order chi connectivity index (χ1) is 14.0. The van der Waals surface area contributed by atoms with E-state index in [2.05, 4.69) is 15.3 Å². The second-order valence-corrected chi connectivity index (χ2v) is 8.20. The highest BCUT2D eigenvalue weighted by molar-refractivity contribution is 7.99. The van der Waals surface area contributed by atoms with Gasteiger partial charge in [0.15, 0.2) is 5.16 Å². The van der Waals surface area contributed by atoms with E-state index in [9.17, 15) is 13.6 Å². The van der Waals surface area contributed by atoms with Gasteiger partial charge in [0.2, 0.25) is 5.91 Å². The number of para-hydroxylation sites is 2. The number of thioether (sulfide) groups is 1. The smallest absolute Gasteiger partial charge is 0.321 e. The zero-order valence-corrected chi connectivity index (χ0v) is 16.9. The topological polar surface area (TPSA) is 59.8 Å². The molecule has 2 heterocycles. The molecule has 9 heteroatoms. The van der Waals surface area contributed by atoms with Crippen LogP contribution >= 0.6 is 23.1 Å². The standard InChI is InChI=1S/C20H16F2N4OS2/c1-12-23-16(10-28-12)13-5-4-6-14(9-13)24-18(27)11-29-20-25-15-7-2-3-8-17(15)26(20)19(21)22/h2-10,19H,11H2,1H3,(H,24,27). The molecule has 0 aliphatic rings. The van der Waals surface area contributed by atoms with Crippen LogP contribution in [0.4, 0.5) is 14.5 Å². The molecule has 0 saturated heterocycles. The van der Waals surface area contributed by atoms with E-state index in [0.717, 1.165) is 32.6 Å². The van der Waals surface area contributed by atoms with Crippen LogP contribution in [-0.2, 0) is 4.79 Å². The average molecular weight is 431 g/mol. The highest BCUT2D eigenvalue weighted by Gasteiger charge is 2.18. The minimum atomic E-state index is -2.73. The largest absolute Gasteiger partial charge is 0.325 e. The molecular formula is C20H16F2N4OS2. The van der Waals surface area contributed by atoms with Crippen LogP contribution in [0.5, 0.6) is 0 Å². The molecule has 148 valence electrons. The van der Waals surface area contributed by atoms with Gasteiger partial charge in [-0.2, -0.15) is 8.78 Å². The fraction of sp³-hybridized carbons (Fsp3) is 0.150. The van der Waals surface area contributed by atoms with E-state index >= 15 is 0 Å². The molecule has 29 heavy (non-hydrogen) atoms. The van der Waals surface area contributed by atoms with Crippen LogP contribution in [0.1, 0.15) is 11.6 Å². The number of hydrogen-bond donors (Lipinski definition) is 1. The van der Waals surface area contributed by atoms with Crippen molar-refractivity contribution >= 4 is 45.7 Å². The second kappa shape index (κ2) is 8.30. The molecule has 0 unspecified atom stereocenters. The number of imidazole rings is 1. The summed E-state index contributed by atoms with van der Waals surface area (Å²) in [7, 11) is 0. The monoisotopic (exact) mass is 430 g/mol. The quantitative estimate of drug-likeness (QED) is 0.405. The normalized spacial score (nSPS) is 11.3. The molecule has 0 bridgehead atoms. The molecule has 0 saturated carbocycles. The molecule has 1 N–H and O–H groups in total. The number of benzene rings is 2. The predicted octanol–water partition coefficient (Wildman–Crippen LogP) is 5.59. The number of amides is 1. The van der Waals surface area contributed by atoms with Gasteiger partial charge in [-0.3, -0.25) is 9.36 Å². The van der Waals surface area contributed by atoms with Gasteiger partial charge in [-0.25, -0.2) is 9.97 Å². The molecule has 1 amide bonds. The van der Waals surface area contributed by atoms with Crippen molar-refractivity contribution in [1.29, 1.82) is 0 Å². The molecule has 0 fully saturated rings. The predicted molar refractivity (Wildman–Crippen MR) is 113 cm³/mol. The minimum Gasteiger partial charge on any atom is -0.325 e. The second-order valence-electron chi connectivity index (χ2n) is 6.20. The van der Waals surface area contributed by atoms with Gasteiger partial charge in [0.05, 0.1) is 27.5 Å². The molecule has 2 aromatic heterocycles. The van der Waals surface area contributed by atoms with Crippen molar-refractivity contribution in [3.05, 3.63) is 58.9 Å². The van der Waals surface area contributed by atoms with Crippen LogP contribution in [0.25, 0.3) is 22.3 Å². The molecule has 4 rings (SSSR count). The van der Waals surface area contributed by atoms with Gasteiger partial charge in [-0.05, 0) is 31.2 Å². The Balaban J connectivity index is 1.46. The molecule has 0 aliphatic carbocycles. The lowest BCUT2D eigenvalue weighted by Crippen LogP contribution is -2.14. The van der Waals surface area contributed by atoms with Crippen molar-refractivity contribution in [2.24, 2.45) is 0 Å². The van der Waals surface area contributed by atoms with Crippen molar-refractivity contribution in [3.8, 4) is 11.3 Å². The number of carbonyl (C=O) groups excluding carboxylic acids is 1. The number of rotatable bonds is 6. The van der Waals surface area contributed by atoms with E-state index in [1.54, 1.807) is 41.7 Å². The summed E-state index contributed by atoms with van der Waals surface area (Å²) in [5.74, 6) is -0.328. The summed E-state index contributed by atoms with van der Waals surface area (Å²) in [4.78, 5) is 21.0. The fourth-order valence-electron chi connectivity index (χ4n) is 2.89. The van der Waals surface area contributed by atoms with E-state index in [1.165, 1.54) is 0 Å². The number of nitrogens with one attached hydrogen (secondary N) is 1. The highest BCUT2D eigenvalue weighted by atomic mass is 32.2. The van der Waals surface area contributed by atoms with Gasteiger partial charge in [0, 0.05) is 16.6 Å². The first kappa shape index (κ1) is 19.5. The number of hydrogen-bond acceptors (Lipinski definition) is 5. The van der Waals surface area contributed by atoms with Crippen LogP contribution in [0.3, 0.4) is 0 Å². The van der Waals surface area contributed by atoms with Crippen LogP contribution < -0.4 is 5.32 Å². The molecular weight excluding hydrogens is 414 g/mol. The summed E-state index contributed by atoms with van der Waals surface area (Å²) < 4.78 is 27.8. The Hall–Kier alpha value is -2.78. The number of halogens is 2. The number of anilines is 1. The van der Waals surface area contributed by atoms with Crippen molar-refractivity contribution < 1.29 is 13.6 Å². The van der Waals surface area contributed by atoms with Gasteiger partial charge in [0.1, 0.15) is 0 Å². The van der Waals surface area contributed by atoms with Crippen LogP contribution in [0.2, 0.25) is 0 Å². The third-order valence-corrected chi connectivity index (χ3v) is 5.88. The Morgan fingerprint density at radius 1 is 1.21 bits per heavy atom. The highest BCUT2D eigenvalue weighted by Crippen LogP contribution is 2.29. The lowest BCUT2D eigenvalue weighted by atomic mass is 10.1. The molecule has 2 aromatic carbocycles. The molecule has 4 aromatic rings. The zero-order valence-electron chi connectivity index (χ0n) is 15.3. The number of fused-ring (bicyclic) bond motifs is 1.